The van der Waals surface area contributed by atoms with E-state index in [9.17, 15) is 18.8 Å². The first kappa shape index (κ1) is 19.6. The number of fused-ring (bicyclic) bond motifs is 1. The molecule has 3 aromatic rings. The molecule has 28 heavy (non-hydrogen) atoms. The van der Waals surface area contributed by atoms with Gasteiger partial charge in [-0.3, -0.25) is 9.59 Å². The third-order valence-corrected chi connectivity index (χ3v) is 4.21. The normalized spacial score (nSPS) is 10.7. The molecule has 0 atom stereocenters. The Kier molecular flexibility index (Phi) is 5.75. The molecule has 0 saturated heterocycles. The molecule has 0 radical (unpaired) electrons. The molecular weight excluding hydrogens is 389 g/mol. The van der Waals surface area contributed by atoms with Crippen LogP contribution in [0.2, 0.25) is 5.02 Å². The van der Waals surface area contributed by atoms with Crippen LogP contribution in [-0.2, 0) is 9.53 Å². The van der Waals surface area contributed by atoms with Gasteiger partial charge in [0.25, 0.3) is 5.91 Å². The van der Waals surface area contributed by atoms with Crippen LogP contribution in [0.1, 0.15) is 17.5 Å². The summed E-state index contributed by atoms with van der Waals surface area (Å²) in [6.45, 7) is 1.47. The Hall–Kier alpha value is -3.19. The molecule has 1 aromatic heterocycles. The molecule has 3 rings (SSSR count). The molecule has 0 unspecified atom stereocenters. The molecule has 0 bridgehead atoms. The van der Waals surface area contributed by atoms with Crippen molar-refractivity contribution < 1.29 is 23.1 Å². The molecule has 0 spiro atoms. The quantitative estimate of drug-likeness (QED) is 0.606. The lowest BCUT2D eigenvalue weighted by atomic mass is 10.2. The van der Waals surface area contributed by atoms with Gasteiger partial charge in [0.05, 0.1) is 5.39 Å². The largest absolute Gasteiger partial charge is 0.450 e. The van der Waals surface area contributed by atoms with Gasteiger partial charge in [-0.15, -0.1) is 0 Å². The Morgan fingerprint density at radius 1 is 1.14 bits per heavy atom. The highest BCUT2D eigenvalue weighted by molar-refractivity contribution is 6.31. The molecule has 0 aliphatic carbocycles. The number of benzene rings is 2. The van der Waals surface area contributed by atoms with E-state index in [1.54, 1.807) is 6.92 Å². The van der Waals surface area contributed by atoms with Crippen LogP contribution in [0.15, 0.2) is 57.7 Å². The van der Waals surface area contributed by atoms with Crippen molar-refractivity contribution in [1.82, 2.24) is 0 Å². The minimum atomic E-state index is -0.947. The SMILES string of the molecule is CCN(C(=O)COC(=O)c1cc(=O)c2cc(Cl)ccc2o1)c1ccc(F)cc1. The summed E-state index contributed by atoms with van der Waals surface area (Å²) in [4.78, 5) is 38.0. The average molecular weight is 404 g/mol. The molecule has 0 fully saturated rings. The van der Waals surface area contributed by atoms with E-state index in [-0.39, 0.29) is 16.7 Å². The summed E-state index contributed by atoms with van der Waals surface area (Å²) in [5.41, 5.74) is 0.194. The summed E-state index contributed by atoms with van der Waals surface area (Å²) in [7, 11) is 0. The van der Waals surface area contributed by atoms with Gasteiger partial charge in [0.1, 0.15) is 11.4 Å². The molecule has 2 aromatic carbocycles. The molecule has 6 nitrogen and oxygen atoms in total. The number of anilines is 1. The Labute approximate surface area is 164 Å². The number of esters is 1. The van der Waals surface area contributed by atoms with Crippen molar-refractivity contribution >= 4 is 40.1 Å². The van der Waals surface area contributed by atoms with Crippen LogP contribution < -0.4 is 10.3 Å². The second-order valence-corrected chi connectivity index (χ2v) is 6.24. The fourth-order valence-electron chi connectivity index (χ4n) is 2.63. The third kappa shape index (κ3) is 4.20. The molecule has 1 heterocycles. The average Bonchev–Trinajstić information content (AvgIpc) is 2.68. The minimum Gasteiger partial charge on any atom is -0.450 e. The van der Waals surface area contributed by atoms with E-state index in [0.717, 1.165) is 6.07 Å². The predicted octanol–water partition coefficient (Wildman–Crippen LogP) is 3.80. The number of carbonyl (C=O) groups is 2. The second-order valence-electron chi connectivity index (χ2n) is 5.81. The number of halogens is 2. The van der Waals surface area contributed by atoms with Gasteiger partial charge >= 0.3 is 5.97 Å². The molecule has 144 valence electrons. The van der Waals surface area contributed by atoms with Crippen LogP contribution >= 0.6 is 11.6 Å². The van der Waals surface area contributed by atoms with Crippen molar-refractivity contribution in [3.05, 3.63) is 75.4 Å². The van der Waals surface area contributed by atoms with E-state index in [1.807, 2.05) is 0 Å². The molecular formula is C20H15ClFNO5. The van der Waals surface area contributed by atoms with Gasteiger partial charge in [-0.05, 0) is 49.4 Å². The van der Waals surface area contributed by atoms with Crippen LogP contribution in [0.4, 0.5) is 10.1 Å². The number of ether oxygens (including phenoxy) is 1. The molecule has 8 heteroatoms. The summed E-state index contributed by atoms with van der Waals surface area (Å²) >= 11 is 5.84. The maximum atomic E-state index is 13.0. The number of amides is 1. The number of hydrogen-bond donors (Lipinski definition) is 0. The summed E-state index contributed by atoms with van der Waals surface area (Å²) < 4.78 is 23.4. The fourth-order valence-corrected chi connectivity index (χ4v) is 2.80. The Balaban J connectivity index is 1.73. The second kappa shape index (κ2) is 8.22. The minimum absolute atomic E-state index is 0.177. The molecule has 0 saturated carbocycles. The highest BCUT2D eigenvalue weighted by Gasteiger charge is 2.19. The van der Waals surface area contributed by atoms with Gasteiger partial charge in [0.15, 0.2) is 12.0 Å². The molecule has 0 N–H and O–H groups in total. The first-order chi connectivity index (χ1) is 13.4. The van der Waals surface area contributed by atoms with E-state index in [4.69, 9.17) is 20.8 Å². The first-order valence-electron chi connectivity index (χ1n) is 8.35. The van der Waals surface area contributed by atoms with E-state index in [2.05, 4.69) is 0 Å². The van der Waals surface area contributed by atoms with Gasteiger partial charge in [0, 0.05) is 23.3 Å². The van der Waals surface area contributed by atoms with Crippen LogP contribution in [0, 0.1) is 5.82 Å². The van der Waals surface area contributed by atoms with Crippen molar-refractivity contribution in [1.29, 1.82) is 0 Å². The monoisotopic (exact) mass is 403 g/mol. The van der Waals surface area contributed by atoms with Crippen LogP contribution in [-0.4, -0.2) is 25.0 Å². The Morgan fingerprint density at radius 2 is 1.86 bits per heavy atom. The van der Waals surface area contributed by atoms with Gasteiger partial charge < -0.3 is 14.1 Å². The lowest BCUT2D eigenvalue weighted by molar-refractivity contribution is -0.121. The van der Waals surface area contributed by atoms with Crippen molar-refractivity contribution in [3.63, 3.8) is 0 Å². The van der Waals surface area contributed by atoms with Crippen molar-refractivity contribution in [2.75, 3.05) is 18.1 Å². The lowest BCUT2D eigenvalue weighted by Crippen LogP contribution is -2.34. The van der Waals surface area contributed by atoms with Crippen molar-refractivity contribution in [2.45, 2.75) is 6.92 Å². The summed E-state index contributed by atoms with van der Waals surface area (Å²) in [5, 5.41) is 0.592. The molecule has 0 aliphatic rings. The highest BCUT2D eigenvalue weighted by atomic mass is 35.5. The topological polar surface area (TPSA) is 76.8 Å². The lowest BCUT2D eigenvalue weighted by Gasteiger charge is -2.20. The van der Waals surface area contributed by atoms with E-state index >= 15 is 0 Å². The predicted molar refractivity (Wildman–Crippen MR) is 102 cm³/mol. The van der Waals surface area contributed by atoms with E-state index in [1.165, 1.54) is 47.4 Å². The number of nitrogens with zero attached hydrogens (tertiary/aromatic N) is 1. The van der Waals surface area contributed by atoms with Crippen molar-refractivity contribution in [3.8, 4) is 0 Å². The summed E-state index contributed by atoms with van der Waals surface area (Å²) in [6.07, 6.45) is 0. The number of carbonyl (C=O) groups excluding carboxylic acids is 2. The van der Waals surface area contributed by atoms with Crippen LogP contribution in [0.25, 0.3) is 11.0 Å². The first-order valence-corrected chi connectivity index (χ1v) is 8.73. The Bertz CT molecular complexity index is 1090. The maximum absolute atomic E-state index is 13.0. The van der Waals surface area contributed by atoms with Gasteiger partial charge in [-0.2, -0.15) is 0 Å². The highest BCUT2D eigenvalue weighted by Crippen LogP contribution is 2.18. The number of hydrogen-bond acceptors (Lipinski definition) is 5. The van der Waals surface area contributed by atoms with Gasteiger partial charge in [-0.25, -0.2) is 9.18 Å². The smallest absolute Gasteiger partial charge is 0.374 e. The standard InChI is InChI=1S/C20H15ClFNO5/c1-2-23(14-6-4-13(22)5-7-14)19(25)11-27-20(26)18-10-16(24)15-9-12(21)3-8-17(15)28-18/h3-10H,2,11H2,1H3. The van der Waals surface area contributed by atoms with E-state index < -0.39 is 29.7 Å². The zero-order valence-electron chi connectivity index (χ0n) is 14.8. The van der Waals surface area contributed by atoms with Gasteiger partial charge in [0.2, 0.25) is 5.76 Å². The summed E-state index contributed by atoms with van der Waals surface area (Å²) in [5.74, 6) is -2.20. The van der Waals surface area contributed by atoms with E-state index in [0.29, 0.717) is 17.3 Å². The zero-order chi connectivity index (χ0) is 20.3. The fraction of sp³-hybridized carbons (Fsp3) is 0.150. The molecule has 0 aliphatic heterocycles. The van der Waals surface area contributed by atoms with Crippen LogP contribution in [0.5, 0.6) is 0 Å². The third-order valence-electron chi connectivity index (χ3n) is 3.97. The number of rotatable bonds is 5. The van der Waals surface area contributed by atoms with Gasteiger partial charge in [-0.1, -0.05) is 11.6 Å². The molecule has 1 amide bonds. The number of likely N-dealkylation sites (N-methyl/N-ethyl adjacent to an activating group) is 1. The Morgan fingerprint density at radius 3 is 2.54 bits per heavy atom. The zero-order valence-corrected chi connectivity index (χ0v) is 15.5. The maximum Gasteiger partial charge on any atom is 0.374 e. The van der Waals surface area contributed by atoms with Crippen molar-refractivity contribution in [2.24, 2.45) is 0 Å². The van der Waals surface area contributed by atoms with Crippen LogP contribution in [0.3, 0.4) is 0 Å². The summed E-state index contributed by atoms with van der Waals surface area (Å²) in [6, 6.07) is 10.8.